The van der Waals surface area contributed by atoms with E-state index in [4.69, 9.17) is 21.1 Å². The summed E-state index contributed by atoms with van der Waals surface area (Å²) >= 11 is 6.55. The summed E-state index contributed by atoms with van der Waals surface area (Å²) in [5.74, 6) is -1.11. The molecule has 262 valence electrons. The van der Waals surface area contributed by atoms with Crippen LogP contribution in [-0.4, -0.2) is 57.7 Å². The van der Waals surface area contributed by atoms with Crippen molar-refractivity contribution in [2.45, 2.75) is 70.2 Å². The summed E-state index contributed by atoms with van der Waals surface area (Å²) in [7, 11) is 5.39. The smallest absolute Gasteiger partial charge is 0.323 e. The van der Waals surface area contributed by atoms with Crippen molar-refractivity contribution >= 4 is 29.2 Å². The normalized spacial score (nSPS) is 17.8. The number of imidazole rings is 1. The number of methoxy groups -OCH3 is 1. The van der Waals surface area contributed by atoms with Gasteiger partial charge in [0.1, 0.15) is 28.2 Å². The van der Waals surface area contributed by atoms with Crippen LogP contribution in [0.25, 0.3) is 11.1 Å². The number of benzene rings is 3. The van der Waals surface area contributed by atoms with Crippen LogP contribution < -0.4 is 20.1 Å². The Morgan fingerprint density at radius 1 is 1.12 bits per heavy atom. The summed E-state index contributed by atoms with van der Waals surface area (Å²) in [5, 5.41) is 15.6. The zero-order valence-corrected chi connectivity index (χ0v) is 29.4. The van der Waals surface area contributed by atoms with Crippen molar-refractivity contribution in [3.63, 3.8) is 0 Å². The van der Waals surface area contributed by atoms with E-state index in [2.05, 4.69) is 33.6 Å². The number of hydrogen-bond acceptors (Lipinski definition) is 7. The Bertz CT molecular complexity index is 2010. The first-order chi connectivity index (χ1) is 24.0. The van der Waals surface area contributed by atoms with Gasteiger partial charge in [0, 0.05) is 56.1 Å². The fourth-order valence-electron chi connectivity index (χ4n) is 7.55. The van der Waals surface area contributed by atoms with Crippen molar-refractivity contribution in [3.8, 4) is 22.6 Å². The number of rotatable bonds is 10. The molecule has 0 saturated heterocycles. The van der Waals surface area contributed by atoms with E-state index in [0.717, 1.165) is 71.6 Å². The number of nitrogens with one attached hydrogen (secondary N) is 2. The molecule has 1 amide bonds. The summed E-state index contributed by atoms with van der Waals surface area (Å²) in [5.41, 5.74) is 6.92. The molecule has 4 aromatic rings. The first kappa shape index (κ1) is 34.0. The Labute approximate surface area is 295 Å². The number of carbonyl (C=O) groups is 2. The maximum absolute atomic E-state index is 15.7. The molecule has 2 heterocycles. The van der Waals surface area contributed by atoms with Crippen molar-refractivity contribution in [2.75, 3.05) is 26.0 Å². The van der Waals surface area contributed by atoms with Crippen molar-refractivity contribution in [1.82, 2.24) is 19.8 Å². The number of carbonyl (C=O) groups excluding carboxylic acids is 1. The van der Waals surface area contributed by atoms with Gasteiger partial charge in [-0.2, -0.15) is 0 Å². The van der Waals surface area contributed by atoms with Crippen LogP contribution in [0.1, 0.15) is 76.0 Å². The van der Waals surface area contributed by atoms with Gasteiger partial charge in [0.25, 0.3) is 5.91 Å². The fraction of sp³-hybridized carbons (Fsp3) is 0.395. The Morgan fingerprint density at radius 3 is 2.60 bits per heavy atom. The Balaban J connectivity index is 1.12. The number of carboxylic acid groups (broad SMARTS) is 1. The van der Waals surface area contributed by atoms with Gasteiger partial charge < -0.3 is 29.4 Å². The zero-order chi connectivity index (χ0) is 35.3. The van der Waals surface area contributed by atoms with E-state index >= 15 is 4.39 Å². The van der Waals surface area contributed by atoms with E-state index in [1.807, 2.05) is 48.9 Å². The summed E-state index contributed by atoms with van der Waals surface area (Å²) in [6.45, 7) is 3.61. The van der Waals surface area contributed by atoms with E-state index in [-0.39, 0.29) is 40.6 Å². The number of anilines is 1. The van der Waals surface area contributed by atoms with Crippen molar-refractivity contribution in [1.29, 1.82) is 0 Å². The largest absolute Gasteiger partial charge is 0.496 e. The highest BCUT2D eigenvalue weighted by Gasteiger charge is 2.44. The monoisotopic (exact) mass is 701 g/mol. The van der Waals surface area contributed by atoms with Crippen LogP contribution in [0, 0.1) is 12.7 Å². The van der Waals surface area contributed by atoms with Crippen molar-refractivity contribution in [3.05, 3.63) is 92.8 Å². The molecule has 3 aromatic carbocycles. The SMILES string of the molecule is COc1cc(OC2CCc3c(-c4cccc(NC(=O)c5nc6c(n5C)CCN(C)C6)c4C)cccc32)c(Cl)c(F)c1CNC1(C(=O)O)CCC1. The molecule has 0 spiro atoms. The summed E-state index contributed by atoms with van der Waals surface area (Å²) in [6.07, 6.45) is 3.62. The number of amides is 1. The number of ether oxygens (including phenoxy) is 2. The molecule has 0 bridgehead atoms. The maximum Gasteiger partial charge on any atom is 0.323 e. The number of aromatic nitrogens is 2. The van der Waals surface area contributed by atoms with Crippen LogP contribution in [0.3, 0.4) is 0 Å². The summed E-state index contributed by atoms with van der Waals surface area (Å²) < 4.78 is 29.5. The maximum atomic E-state index is 15.7. The van der Waals surface area contributed by atoms with Crippen molar-refractivity contribution < 1.29 is 28.6 Å². The number of likely N-dealkylation sites (N-methyl/N-ethyl adjacent to an activating group) is 1. The number of aliphatic carboxylic acids is 1. The first-order valence-electron chi connectivity index (χ1n) is 17.0. The number of halogens is 2. The minimum atomic E-state index is -1.07. The second kappa shape index (κ2) is 13.4. The standard InChI is InChI=1S/C38H41ClFN5O5/c1-21-22(8-6-11-27(21)43-36(46)35-42-28-20-44(2)17-14-29(28)45(35)3)23-9-5-10-25-24(23)12-13-30(25)50-32-18-31(49-4)26(34(40)33(32)39)19-41-38(37(47)48)15-7-16-38/h5-6,8-11,18,30,41H,7,12-17,19-20H2,1-4H3,(H,43,46)(H,47,48). The third kappa shape index (κ3) is 5.91. The summed E-state index contributed by atoms with van der Waals surface area (Å²) in [6, 6.07) is 13.5. The average molecular weight is 702 g/mol. The predicted molar refractivity (Wildman–Crippen MR) is 189 cm³/mol. The number of nitrogens with zero attached hydrogens (tertiary/aromatic N) is 3. The molecule has 1 aromatic heterocycles. The third-order valence-corrected chi connectivity index (χ3v) is 11.0. The highest BCUT2D eigenvalue weighted by atomic mass is 35.5. The lowest BCUT2D eigenvalue weighted by Gasteiger charge is -2.38. The minimum Gasteiger partial charge on any atom is -0.496 e. The van der Waals surface area contributed by atoms with E-state index in [1.54, 1.807) is 6.07 Å². The molecular weight excluding hydrogens is 661 g/mol. The van der Waals surface area contributed by atoms with E-state index in [9.17, 15) is 14.7 Å². The molecule has 3 aliphatic rings. The first-order valence-corrected chi connectivity index (χ1v) is 17.3. The molecule has 1 unspecified atom stereocenters. The predicted octanol–water partition coefficient (Wildman–Crippen LogP) is 6.60. The Hall–Kier alpha value is -4.45. The quantitative estimate of drug-likeness (QED) is 0.169. The van der Waals surface area contributed by atoms with Crippen LogP contribution in [0.15, 0.2) is 42.5 Å². The molecule has 1 saturated carbocycles. The second-order valence-corrected chi connectivity index (χ2v) is 14.0. The van der Waals surface area contributed by atoms with Crippen LogP contribution in [-0.2, 0) is 37.8 Å². The van der Waals surface area contributed by atoms with E-state index in [0.29, 0.717) is 30.8 Å². The van der Waals surface area contributed by atoms with Crippen LogP contribution in [0.2, 0.25) is 5.02 Å². The van der Waals surface area contributed by atoms with Crippen LogP contribution in [0.4, 0.5) is 10.1 Å². The molecular formula is C38H41ClFN5O5. The molecule has 1 fully saturated rings. The fourth-order valence-corrected chi connectivity index (χ4v) is 7.77. The number of fused-ring (bicyclic) bond motifs is 2. The van der Waals surface area contributed by atoms with Crippen LogP contribution in [0.5, 0.6) is 11.5 Å². The molecule has 12 heteroatoms. The highest BCUT2D eigenvalue weighted by Crippen LogP contribution is 2.45. The Kier molecular flexibility index (Phi) is 9.08. The summed E-state index contributed by atoms with van der Waals surface area (Å²) in [4.78, 5) is 32.2. The molecule has 50 heavy (non-hydrogen) atoms. The van der Waals surface area contributed by atoms with Gasteiger partial charge >= 0.3 is 5.97 Å². The number of carboxylic acids is 1. The molecule has 1 aliphatic heterocycles. The van der Waals surface area contributed by atoms with Gasteiger partial charge in [0.05, 0.1) is 12.8 Å². The third-order valence-electron chi connectivity index (χ3n) is 10.7. The van der Waals surface area contributed by atoms with Crippen molar-refractivity contribution in [2.24, 2.45) is 7.05 Å². The highest BCUT2D eigenvalue weighted by molar-refractivity contribution is 6.32. The van der Waals surface area contributed by atoms with Gasteiger partial charge in [-0.25, -0.2) is 9.37 Å². The van der Waals surface area contributed by atoms with Gasteiger partial charge in [-0.15, -0.1) is 0 Å². The molecule has 2 aliphatic carbocycles. The van der Waals surface area contributed by atoms with Gasteiger partial charge in [0.15, 0.2) is 11.6 Å². The number of hydrogen-bond donors (Lipinski definition) is 3. The lowest BCUT2D eigenvalue weighted by Crippen LogP contribution is -2.56. The lowest BCUT2D eigenvalue weighted by atomic mass is 9.76. The van der Waals surface area contributed by atoms with E-state index in [1.165, 1.54) is 7.11 Å². The molecule has 3 N–H and O–H groups in total. The van der Waals surface area contributed by atoms with Gasteiger partial charge in [-0.05, 0) is 80.0 Å². The molecule has 1 atom stereocenters. The Morgan fingerprint density at radius 2 is 1.88 bits per heavy atom. The zero-order valence-electron chi connectivity index (χ0n) is 28.7. The topological polar surface area (TPSA) is 118 Å². The molecule has 0 radical (unpaired) electrons. The molecule has 10 nitrogen and oxygen atoms in total. The minimum absolute atomic E-state index is 0.0445. The van der Waals surface area contributed by atoms with E-state index < -0.39 is 17.3 Å². The van der Waals surface area contributed by atoms with Crippen LogP contribution >= 0.6 is 11.6 Å². The second-order valence-electron chi connectivity index (χ2n) is 13.6. The lowest BCUT2D eigenvalue weighted by molar-refractivity contribution is -0.148. The average Bonchev–Trinajstić information content (AvgIpc) is 3.64. The van der Waals surface area contributed by atoms with Gasteiger partial charge in [0.2, 0.25) is 0 Å². The molecule has 7 rings (SSSR count). The van der Waals surface area contributed by atoms with Gasteiger partial charge in [-0.3, -0.25) is 14.9 Å². The van der Waals surface area contributed by atoms with Gasteiger partial charge in [-0.1, -0.05) is 41.9 Å².